The van der Waals surface area contributed by atoms with Crippen molar-refractivity contribution in [2.75, 3.05) is 0 Å². The highest BCUT2D eigenvalue weighted by Crippen LogP contribution is 2.19. The van der Waals surface area contributed by atoms with Crippen molar-refractivity contribution in [1.29, 1.82) is 0 Å². The molecule has 2 heteroatoms. The first-order valence-electron chi connectivity index (χ1n) is 4.06. The summed E-state index contributed by atoms with van der Waals surface area (Å²) in [6, 6.07) is 0.927. The second kappa shape index (κ2) is 3.71. The summed E-state index contributed by atoms with van der Waals surface area (Å²) in [5.41, 5.74) is 5.78. The molecule has 0 spiro atoms. The maximum Gasteiger partial charge on any atom is 0.0510 e. The first-order valence-corrected chi connectivity index (χ1v) is 4.06. The lowest BCUT2D eigenvalue weighted by Crippen LogP contribution is -2.29. The van der Waals surface area contributed by atoms with Gasteiger partial charge in [-0.05, 0) is 38.8 Å². The third-order valence-corrected chi connectivity index (χ3v) is 2.05. The lowest BCUT2D eigenvalue weighted by atomic mass is 9.92. The number of hydrogen-bond donors (Lipinski definition) is 1. The van der Waals surface area contributed by atoms with Crippen LogP contribution in [0.1, 0.15) is 32.6 Å². The Bertz CT molecular complexity index is 120. The van der Waals surface area contributed by atoms with Gasteiger partial charge < -0.3 is 5.73 Å². The first-order chi connectivity index (χ1) is 4.83. The molecular formula is C8H16N2. The Labute approximate surface area is 62.5 Å². The minimum atomic E-state index is 0.405. The summed E-state index contributed by atoms with van der Waals surface area (Å²) in [6.07, 6.45) is 6.66. The smallest absolute Gasteiger partial charge is 0.0510 e. The summed E-state index contributed by atoms with van der Waals surface area (Å²) in [7, 11) is 0. The van der Waals surface area contributed by atoms with Crippen molar-refractivity contribution in [2.24, 2.45) is 10.7 Å². The first kappa shape index (κ1) is 7.73. The molecule has 2 unspecified atom stereocenters. The van der Waals surface area contributed by atoms with Gasteiger partial charge in [0.15, 0.2) is 0 Å². The van der Waals surface area contributed by atoms with Crippen molar-refractivity contribution in [3.63, 3.8) is 0 Å². The summed E-state index contributed by atoms with van der Waals surface area (Å²) >= 11 is 0. The van der Waals surface area contributed by atoms with Gasteiger partial charge in [0, 0.05) is 6.04 Å². The molecule has 2 atom stereocenters. The largest absolute Gasteiger partial charge is 0.328 e. The van der Waals surface area contributed by atoms with Gasteiger partial charge in [-0.1, -0.05) is 0 Å². The molecule has 0 amide bonds. The summed E-state index contributed by atoms with van der Waals surface area (Å²) in [4.78, 5) is 4.33. The Morgan fingerprint density at radius 2 is 2.30 bits per heavy atom. The zero-order valence-corrected chi connectivity index (χ0v) is 6.59. The number of nitrogens with two attached hydrogens (primary N) is 1. The van der Waals surface area contributed by atoms with E-state index in [-0.39, 0.29) is 0 Å². The molecule has 2 nitrogen and oxygen atoms in total. The number of nitrogens with zero attached hydrogens (tertiary/aromatic N) is 1. The Hall–Kier alpha value is -0.370. The number of hydrogen-bond acceptors (Lipinski definition) is 2. The molecule has 0 radical (unpaired) electrons. The number of rotatable bonds is 1. The third kappa shape index (κ3) is 2.10. The fourth-order valence-electron chi connectivity index (χ4n) is 1.55. The van der Waals surface area contributed by atoms with Crippen molar-refractivity contribution >= 4 is 6.21 Å². The molecule has 0 heterocycles. The van der Waals surface area contributed by atoms with E-state index in [1.807, 2.05) is 13.1 Å². The van der Waals surface area contributed by atoms with Crippen LogP contribution in [0.3, 0.4) is 0 Å². The molecule has 2 N–H and O–H groups in total. The van der Waals surface area contributed by atoms with E-state index in [4.69, 9.17) is 5.73 Å². The van der Waals surface area contributed by atoms with Crippen LogP contribution in [0.5, 0.6) is 0 Å². The minimum absolute atomic E-state index is 0.405. The van der Waals surface area contributed by atoms with Crippen molar-refractivity contribution < 1.29 is 0 Å². The van der Waals surface area contributed by atoms with E-state index >= 15 is 0 Å². The highest BCUT2D eigenvalue weighted by molar-refractivity contribution is 5.53. The third-order valence-electron chi connectivity index (χ3n) is 2.05. The van der Waals surface area contributed by atoms with Crippen LogP contribution in [0.25, 0.3) is 0 Å². The molecule has 1 fully saturated rings. The topological polar surface area (TPSA) is 38.4 Å². The minimum Gasteiger partial charge on any atom is -0.328 e. The monoisotopic (exact) mass is 140 g/mol. The van der Waals surface area contributed by atoms with E-state index in [9.17, 15) is 0 Å². The van der Waals surface area contributed by atoms with E-state index < -0.39 is 0 Å². The molecule has 1 aliphatic rings. The fraction of sp³-hybridized carbons (Fsp3) is 0.875. The summed E-state index contributed by atoms with van der Waals surface area (Å²) in [5.74, 6) is 0. The summed E-state index contributed by atoms with van der Waals surface area (Å²) in [5, 5.41) is 0. The van der Waals surface area contributed by atoms with Gasteiger partial charge in [-0.15, -0.1) is 0 Å². The molecule has 1 saturated carbocycles. The van der Waals surface area contributed by atoms with Crippen LogP contribution in [-0.4, -0.2) is 18.3 Å². The second-order valence-corrected chi connectivity index (χ2v) is 2.99. The van der Waals surface area contributed by atoms with Crippen LogP contribution in [0.15, 0.2) is 4.99 Å². The maximum atomic E-state index is 5.78. The molecule has 0 aromatic heterocycles. The van der Waals surface area contributed by atoms with Gasteiger partial charge in [0.2, 0.25) is 0 Å². The normalized spacial score (nSPS) is 35.0. The molecule has 58 valence electrons. The predicted molar refractivity (Wildman–Crippen MR) is 44.4 cm³/mol. The van der Waals surface area contributed by atoms with E-state index in [0.29, 0.717) is 12.1 Å². The summed E-state index contributed by atoms with van der Waals surface area (Å²) in [6.45, 7) is 1.97. The maximum absolute atomic E-state index is 5.78. The molecule has 1 aliphatic carbocycles. The Morgan fingerprint density at radius 1 is 1.50 bits per heavy atom. The molecule has 1 rings (SSSR count). The van der Waals surface area contributed by atoms with Gasteiger partial charge >= 0.3 is 0 Å². The van der Waals surface area contributed by atoms with Crippen molar-refractivity contribution in [3.8, 4) is 0 Å². The average Bonchev–Trinajstić information content (AvgIpc) is 1.88. The van der Waals surface area contributed by atoms with E-state index in [0.717, 1.165) is 6.42 Å². The number of aliphatic imine (C=N–C) groups is 1. The van der Waals surface area contributed by atoms with Crippen molar-refractivity contribution in [1.82, 2.24) is 0 Å². The highest BCUT2D eigenvalue weighted by Gasteiger charge is 2.16. The second-order valence-electron chi connectivity index (χ2n) is 2.99. The Kier molecular flexibility index (Phi) is 2.87. The van der Waals surface area contributed by atoms with Crippen LogP contribution in [0, 0.1) is 0 Å². The highest BCUT2D eigenvalue weighted by atomic mass is 14.8. The molecule has 0 aromatic carbocycles. The van der Waals surface area contributed by atoms with Gasteiger partial charge in [-0.25, -0.2) is 0 Å². The van der Waals surface area contributed by atoms with Gasteiger partial charge in [-0.2, -0.15) is 0 Å². The average molecular weight is 140 g/mol. The van der Waals surface area contributed by atoms with Crippen LogP contribution in [0.4, 0.5) is 0 Å². The quantitative estimate of drug-likeness (QED) is 0.548. The van der Waals surface area contributed by atoms with Gasteiger partial charge in [-0.3, -0.25) is 4.99 Å². The van der Waals surface area contributed by atoms with Crippen LogP contribution in [-0.2, 0) is 0 Å². The summed E-state index contributed by atoms with van der Waals surface area (Å²) < 4.78 is 0. The van der Waals surface area contributed by atoms with Crippen molar-refractivity contribution in [3.05, 3.63) is 0 Å². The molecule has 0 bridgehead atoms. The predicted octanol–water partition coefficient (Wildman–Crippen LogP) is 1.35. The van der Waals surface area contributed by atoms with Crippen LogP contribution >= 0.6 is 0 Å². The zero-order chi connectivity index (χ0) is 7.40. The fourth-order valence-corrected chi connectivity index (χ4v) is 1.55. The van der Waals surface area contributed by atoms with E-state index in [1.165, 1.54) is 19.3 Å². The van der Waals surface area contributed by atoms with Gasteiger partial charge in [0.1, 0.15) is 0 Å². The van der Waals surface area contributed by atoms with Crippen LogP contribution < -0.4 is 5.73 Å². The molecule has 10 heavy (non-hydrogen) atoms. The lowest BCUT2D eigenvalue weighted by molar-refractivity contribution is 0.395. The van der Waals surface area contributed by atoms with Gasteiger partial charge in [0.25, 0.3) is 0 Å². The SMILES string of the molecule is CC=NC1CCCC(N)C1. The molecule has 0 saturated heterocycles. The Morgan fingerprint density at radius 3 is 2.90 bits per heavy atom. The van der Waals surface area contributed by atoms with Crippen molar-refractivity contribution in [2.45, 2.75) is 44.7 Å². The molecule has 0 aliphatic heterocycles. The standard InChI is InChI=1S/C8H16N2/c1-2-10-8-5-3-4-7(9)6-8/h2,7-8H,3-6,9H2,1H3. The van der Waals surface area contributed by atoms with E-state index in [2.05, 4.69) is 4.99 Å². The molecule has 0 aromatic rings. The lowest BCUT2D eigenvalue weighted by Gasteiger charge is -2.23. The molecular weight excluding hydrogens is 124 g/mol. The van der Waals surface area contributed by atoms with Crippen LogP contribution in [0.2, 0.25) is 0 Å². The van der Waals surface area contributed by atoms with Gasteiger partial charge in [0.05, 0.1) is 6.04 Å². The Balaban J connectivity index is 2.32. The zero-order valence-electron chi connectivity index (χ0n) is 6.59. The van der Waals surface area contributed by atoms with E-state index in [1.54, 1.807) is 0 Å².